The van der Waals surface area contributed by atoms with Crippen LogP contribution in [0.5, 0.6) is 0 Å². The van der Waals surface area contributed by atoms with Crippen LogP contribution in [0.25, 0.3) is 0 Å². The van der Waals surface area contributed by atoms with Gasteiger partial charge < -0.3 is 0 Å². The van der Waals surface area contributed by atoms with E-state index in [1.807, 2.05) is 41.5 Å². The Kier molecular flexibility index (Phi) is 22.8. The summed E-state index contributed by atoms with van der Waals surface area (Å²) in [6, 6.07) is 64.2. The molecule has 0 amide bonds. The Labute approximate surface area is 314 Å². The van der Waals surface area contributed by atoms with Gasteiger partial charge >= 0.3 is 0 Å². The zero-order valence-corrected chi connectivity index (χ0v) is 33.8. The zero-order valence-electron chi connectivity index (χ0n) is 32.1. The van der Waals surface area contributed by atoms with Gasteiger partial charge in [-0.25, -0.2) is 0 Å². The van der Waals surface area contributed by atoms with E-state index < -0.39 is 0 Å². The lowest BCUT2D eigenvalue weighted by Crippen LogP contribution is -2.25. The van der Waals surface area contributed by atoms with Crippen LogP contribution in [0.3, 0.4) is 0 Å². The van der Waals surface area contributed by atoms with Crippen molar-refractivity contribution < 1.29 is 0 Å². The van der Waals surface area contributed by atoms with Crippen molar-refractivity contribution in [1.29, 1.82) is 0 Å². The van der Waals surface area contributed by atoms with Gasteiger partial charge in [0.25, 0.3) is 0 Å². The average Bonchev–Trinajstić information content (AvgIpc) is 3.24. The monoisotopic (exact) mass is 700 g/mol. The number of hydrogen-bond donors (Lipinski definition) is 0. The molecule has 264 valence electrons. The molecular formula is C48H60S2. The third kappa shape index (κ3) is 12.4. The normalized spacial score (nSPS) is 9.96. The first-order valence-electron chi connectivity index (χ1n) is 17.9. The molecule has 6 rings (SSSR count). The molecular weight excluding hydrogens is 641 g/mol. The Morgan fingerprint density at radius 1 is 0.260 bits per heavy atom. The second kappa shape index (κ2) is 25.9. The molecule has 0 fully saturated rings. The quantitative estimate of drug-likeness (QED) is 0.120. The highest BCUT2D eigenvalue weighted by Gasteiger charge is 2.31. The molecule has 0 atom stereocenters. The fourth-order valence-corrected chi connectivity index (χ4v) is 5.63. The summed E-state index contributed by atoms with van der Waals surface area (Å²) in [5.41, 5.74) is 7.66. The first-order valence-corrected chi connectivity index (χ1v) is 20.9. The molecule has 0 saturated carbocycles. The number of benzene rings is 6. The molecule has 0 aliphatic rings. The van der Waals surface area contributed by atoms with E-state index in [1.54, 1.807) is 21.6 Å². The van der Waals surface area contributed by atoms with Crippen molar-refractivity contribution in [2.75, 3.05) is 12.5 Å². The van der Waals surface area contributed by atoms with Gasteiger partial charge in [0.1, 0.15) is 0 Å². The molecule has 6 aromatic carbocycles. The summed E-state index contributed by atoms with van der Waals surface area (Å²) in [7, 11) is 3.55. The minimum atomic E-state index is -0.121. The van der Waals surface area contributed by atoms with E-state index in [0.29, 0.717) is 0 Å². The molecule has 0 spiro atoms. The summed E-state index contributed by atoms with van der Waals surface area (Å²) in [5, 5.41) is 0. The van der Waals surface area contributed by atoms with Gasteiger partial charge in [-0.3, -0.25) is 0 Å². The molecule has 0 aliphatic heterocycles. The minimum Gasteiger partial charge on any atom is -0.0979 e. The summed E-state index contributed by atoms with van der Waals surface area (Å²) < 4.78 is 0. The van der Waals surface area contributed by atoms with Crippen LogP contribution in [0.15, 0.2) is 182 Å². The van der Waals surface area contributed by atoms with Crippen LogP contribution in [0, 0.1) is 0 Å². The van der Waals surface area contributed by atoms with Crippen LogP contribution >= 0.6 is 21.6 Å². The van der Waals surface area contributed by atoms with Crippen molar-refractivity contribution in [3.63, 3.8) is 0 Å². The van der Waals surface area contributed by atoms with E-state index in [4.69, 9.17) is 0 Å². The standard InChI is InChI=1S/2C20H18.C2H6S2.3C2H6/c2*1-20(17-11-5-2-6-12-17,18-13-7-3-8-14-18)19-15-9-4-10-16-19;1-3-4-2;3*1-2/h2*2-16H,1H3;1-2H3;3*1-2H3. The highest BCUT2D eigenvalue weighted by molar-refractivity contribution is 8.76. The van der Waals surface area contributed by atoms with Gasteiger partial charge in [0.15, 0.2) is 0 Å². The van der Waals surface area contributed by atoms with E-state index in [9.17, 15) is 0 Å². The van der Waals surface area contributed by atoms with Gasteiger partial charge in [-0.1, -0.05) is 245 Å². The predicted molar refractivity (Wildman–Crippen MR) is 231 cm³/mol. The molecule has 6 aromatic rings. The third-order valence-electron chi connectivity index (χ3n) is 8.27. The second-order valence-electron chi connectivity index (χ2n) is 10.8. The Hall–Kier alpha value is -3.98. The van der Waals surface area contributed by atoms with Crippen molar-refractivity contribution in [1.82, 2.24) is 0 Å². The maximum atomic E-state index is 2.30. The van der Waals surface area contributed by atoms with Crippen LogP contribution < -0.4 is 0 Å². The van der Waals surface area contributed by atoms with Crippen LogP contribution in [-0.2, 0) is 10.8 Å². The molecule has 0 bridgehead atoms. The van der Waals surface area contributed by atoms with Gasteiger partial charge in [0, 0.05) is 10.8 Å². The second-order valence-corrected chi connectivity index (χ2v) is 13.4. The molecule has 0 N–H and O–H groups in total. The van der Waals surface area contributed by atoms with Crippen LogP contribution in [0.2, 0.25) is 0 Å². The Morgan fingerprint density at radius 3 is 0.480 bits per heavy atom. The predicted octanol–water partition coefficient (Wildman–Crippen LogP) is 14.8. The SMILES string of the molecule is CC.CC.CC.CC(c1ccccc1)(c1ccccc1)c1ccccc1.CC(c1ccccc1)(c1ccccc1)c1ccccc1.CSSC. The largest absolute Gasteiger partial charge is 0.0979 e. The molecule has 2 heteroatoms. The van der Waals surface area contributed by atoms with Gasteiger partial charge in [-0.15, -0.1) is 0 Å². The maximum Gasteiger partial charge on any atom is 0.0423 e. The summed E-state index contributed by atoms with van der Waals surface area (Å²) in [6.07, 6.45) is 4.12. The molecule has 0 aliphatic carbocycles. The summed E-state index contributed by atoms with van der Waals surface area (Å²) in [6.45, 7) is 16.6. The Morgan fingerprint density at radius 2 is 0.380 bits per heavy atom. The van der Waals surface area contributed by atoms with E-state index in [0.717, 1.165) is 0 Å². The maximum absolute atomic E-state index is 2.30. The topological polar surface area (TPSA) is 0 Å². The summed E-state index contributed by atoms with van der Waals surface area (Å²) in [5.74, 6) is 0. The first-order chi connectivity index (χ1) is 24.5. The zero-order chi connectivity index (χ0) is 37.1. The van der Waals surface area contributed by atoms with Gasteiger partial charge in [-0.05, 0) is 59.7 Å². The average molecular weight is 701 g/mol. The number of hydrogen-bond acceptors (Lipinski definition) is 2. The third-order valence-corrected chi connectivity index (χ3v) is 9.61. The van der Waals surface area contributed by atoms with Gasteiger partial charge in [0.05, 0.1) is 0 Å². The lowest BCUT2D eigenvalue weighted by atomic mass is 9.71. The highest BCUT2D eigenvalue weighted by Crippen LogP contribution is 2.39. The minimum absolute atomic E-state index is 0.121. The van der Waals surface area contributed by atoms with Crippen molar-refractivity contribution in [2.24, 2.45) is 0 Å². The molecule has 0 radical (unpaired) electrons. The van der Waals surface area contributed by atoms with Crippen LogP contribution in [-0.4, -0.2) is 12.5 Å². The molecule has 0 saturated heterocycles. The van der Waals surface area contributed by atoms with Crippen molar-refractivity contribution >= 4 is 21.6 Å². The van der Waals surface area contributed by atoms with Crippen LogP contribution in [0.4, 0.5) is 0 Å². The fraction of sp³-hybridized carbons (Fsp3) is 0.250. The number of rotatable bonds is 7. The van der Waals surface area contributed by atoms with Crippen molar-refractivity contribution in [3.8, 4) is 0 Å². The summed E-state index contributed by atoms with van der Waals surface area (Å²) in [4.78, 5) is 0. The van der Waals surface area contributed by atoms with Crippen molar-refractivity contribution in [2.45, 2.75) is 66.2 Å². The first kappa shape index (κ1) is 44.0. The van der Waals surface area contributed by atoms with E-state index >= 15 is 0 Å². The van der Waals surface area contributed by atoms with Gasteiger partial charge in [-0.2, -0.15) is 0 Å². The lowest BCUT2D eigenvalue weighted by Gasteiger charge is -2.31. The molecule has 0 unspecified atom stereocenters. The van der Waals surface area contributed by atoms with E-state index in [-0.39, 0.29) is 10.8 Å². The van der Waals surface area contributed by atoms with Crippen LogP contribution in [0.1, 0.15) is 88.8 Å². The fourth-order valence-electron chi connectivity index (χ4n) is 5.63. The van der Waals surface area contributed by atoms with Crippen molar-refractivity contribution in [3.05, 3.63) is 215 Å². The smallest absolute Gasteiger partial charge is 0.0423 e. The molecule has 50 heavy (non-hydrogen) atoms. The molecule has 0 aromatic heterocycles. The Balaban J connectivity index is 0.000000399. The van der Waals surface area contributed by atoms with Gasteiger partial charge in [0.2, 0.25) is 0 Å². The Bertz CT molecular complexity index is 1280. The molecule has 0 nitrogen and oxygen atoms in total. The molecule has 0 heterocycles. The lowest BCUT2D eigenvalue weighted by molar-refractivity contribution is 0.692. The van der Waals surface area contributed by atoms with E-state index in [1.165, 1.54) is 33.4 Å². The van der Waals surface area contributed by atoms with E-state index in [2.05, 4.69) is 208 Å². The summed E-state index contributed by atoms with van der Waals surface area (Å²) >= 11 is 0. The highest BCUT2D eigenvalue weighted by atomic mass is 33.1.